The highest BCUT2D eigenvalue weighted by Gasteiger charge is 2.21. The minimum Gasteiger partial charge on any atom is -0.497 e. The number of hydrogen-bond acceptors (Lipinski definition) is 5. The molecule has 0 atom stereocenters. The standard InChI is InChI=1S/C32H27BrN2O4/c1-34(2)24-12-7-20(31(18-24)39-4)9-16-30(36)26-19-29(32(37)21-5-10-23(33)11-6-21)35-27-15-13-25(38-3)17-22(27)8-14-28(26)35/h5-19H,1-4H3/b16-9+. The first-order valence-corrected chi connectivity index (χ1v) is 13.1. The first-order chi connectivity index (χ1) is 18.8. The molecule has 0 spiro atoms. The number of benzene rings is 3. The zero-order valence-corrected chi connectivity index (χ0v) is 23.7. The van der Waals surface area contributed by atoms with E-state index in [2.05, 4.69) is 15.9 Å². The number of aromatic nitrogens is 1. The molecule has 6 nitrogen and oxygen atoms in total. The Morgan fingerprint density at radius 2 is 1.59 bits per heavy atom. The summed E-state index contributed by atoms with van der Waals surface area (Å²) >= 11 is 3.43. The van der Waals surface area contributed by atoms with Crippen molar-refractivity contribution < 1.29 is 19.1 Å². The lowest BCUT2D eigenvalue weighted by Gasteiger charge is -2.14. The Balaban J connectivity index is 1.63. The maximum Gasteiger partial charge on any atom is 0.209 e. The van der Waals surface area contributed by atoms with Crippen LogP contribution in [-0.2, 0) is 0 Å². The molecule has 0 radical (unpaired) electrons. The molecule has 0 N–H and O–H groups in total. The summed E-state index contributed by atoms with van der Waals surface area (Å²) in [5, 5.41) is 0.891. The van der Waals surface area contributed by atoms with E-state index < -0.39 is 0 Å². The normalized spacial score (nSPS) is 11.3. The van der Waals surface area contributed by atoms with E-state index in [-0.39, 0.29) is 11.6 Å². The maximum atomic E-state index is 13.7. The molecular formula is C32H27BrN2O4. The highest BCUT2D eigenvalue weighted by Crippen LogP contribution is 2.30. The zero-order chi connectivity index (χ0) is 27.7. The number of nitrogens with zero attached hydrogens (tertiary/aromatic N) is 2. The van der Waals surface area contributed by atoms with Gasteiger partial charge in [-0.15, -0.1) is 0 Å². The molecule has 2 aromatic heterocycles. The van der Waals surface area contributed by atoms with Crippen LogP contribution in [-0.4, -0.2) is 44.3 Å². The van der Waals surface area contributed by atoms with E-state index in [9.17, 15) is 9.59 Å². The molecule has 2 heterocycles. The number of halogens is 1. The summed E-state index contributed by atoms with van der Waals surface area (Å²) in [6, 6.07) is 24.2. The fraction of sp³-hybridized carbons (Fsp3) is 0.125. The van der Waals surface area contributed by atoms with Crippen LogP contribution in [0.1, 0.15) is 32.0 Å². The van der Waals surface area contributed by atoms with Gasteiger partial charge in [-0.1, -0.05) is 22.0 Å². The minimum absolute atomic E-state index is 0.176. The summed E-state index contributed by atoms with van der Waals surface area (Å²) in [7, 11) is 7.14. The maximum absolute atomic E-state index is 13.7. The Bertz CT molecular complexity index is 1750. The number of ether oxygens (including phenoxy) is 2. The predicted molar refractivity (Wildman–Crippen MR) is 160 cm³/mol. The van der Waals surface area contributed by atoms with Crippen molar-refractivity contribution in [2.24, 2.45) is 0 Å². The molecule has 5 rings (SSSR count). The van der Waals surface area contributed by atoms with Gasteiger partial charge in [0.2, 0.25) is 5.78 Å². The fourth-order valence-electron chi connectivity index (χ4n) is 4.60. The van der Waals surface area contributed by atoms with Gasteiger partial charge in [0.05, 0.1) is 30.9 Å². The third-order valence-electron chi connectivity index (χ3n) is 6.69. The quantitative estimate of drug-likeness (QED) is 0.145. The Morgan fingerprint density at radius 3 is 2.28 bits per heavy atom. The van der Waals surface area contributed by atoms with Gasteiger partial charge in [-0.3, -0.25) is 9.59 Å². The lowest BCUT2D eigenvalue weighted by Crippen LogP contribution is -2.08. The average Bonchev–Trinajstić information content (AvgIpc) is 3.35. The molecule has 0 aliphatic rings. The molecule has 0 fully saturated rings. The monoisotopic (exact) mass is 582 g/mol. The predicted octanol–water partition coefficient (Wildman–Crippen LogP) is 7.07. The summed E-state index contributed by atoms with van der Waals surface area (Å²) in [5.74, 6) is 0.986. The van der Waals surface area contributed by atoms with Crippen molar-refractivity contribution in [3.05, 3.63) is 112 Å². The number of pyridine rings is 1. The molecular weight excluding hydrogens is 556 g/mol. The second kappa shape index (κ2) is 10.8. The first kappa shape index (κ1) is 26.3. The van der Waals surface area contributed by atoms with E-state index in [0.717, 1.165) is 26.6 Å². The van der Waals surface area contributed by atoms with Crippen molar-refractivity contribution >= 4 is 55.7 Å². The molecule has 0 saturated heterocycles. The van der Waals surface area contributed by atoms with E-state index in [0.29, 0.717) is 33.8 Å². The molecule has 7 heteroatoms. The molecule has 0 bridgehead atoms. The van der Waals surface area contributed by atoms with Gasteiger partial charge in [0.25, 0.3) is 0 Å². The Labute approximate surface area is 235 Å². The second-order valence-electron chi connectivity index (χ2n) is 9.28. The molecule has 0 amide bonds. The number of anilines is 1. The van der Waals surface area contributed by atoms with Gasteiger partial charge >= 0.3 is 0 Å². The molecule has 0 aliphatic carbocycles. The summed E-state index contributed by atoms with van der Waals surface area (Å²) in [6.07, 6.45) is 3.26. The van der Waals surface area contributed by atoms with Crippen molar-refractivity contribution in [2.45, 2.75) is 0 Å². The molecule has 0 saturated carbocycles. The Kier molecular flexibility index (Phi) is 7.26. The van der Waals surface area contributed by atoms with E-state index in [1.807, 2.05) is 84.1 Å². The second-order valence-corrected chi connectivity index (χ2v) is 10.2. The summed E-state index contributed by atoms with van der Waals surface area (Å²) in [6.45, 7) is 0. The molecule has 3 aromatic carbocycles. The molecule has 196 valence electrons. The Hall–Kier alpha value is -4.36. The number of fused-ring (bicyclic) bond motifs is 3. The fourth-order valence-corrected chi connectivity index (χ4v) is 4.86. The molecule has 5 aromatic rings. The summed E-state index contributed by atoms with van der Waals surface area (Å²) in [4.78, 5) is 29.3. The molecule has 39 heavy (non-hydrogen) atoms. The lowest BCUT2D eigenvalue weighted by atomic mass is 10.1. The van der Waals surface area contributed by atoms with Gasteiger partial charge in [-0.25, -0.2) is 0 Å². The highest BCUT2D eigenvalue weighted by atomic mass is 79.9. The van der Waals surface area contributed by atoms with Gasteiger partial charge in [0.1, 0.15) is 11.5 Å². The SMILES string of the molecule is COc1ccc2c(ccc3c(C(=O)/C=C/c4ccc(N(C)C)cc4OC)cc(C(=O)c4ccc(Br)cc4)n32)c1. The number of ketones is 2. The van der Waals surface area contributed by atoms with E-state index in [1.54, 1.807) is 38.5 Å². The summed E-state index contributed by atoms with van der Waals surface area (Å²) < 4.78 is 13.7. The zero-order valence-electron chi connectivity index (χ0n) is 22.1. The van der Waals surface area contributed by atoms with Gasteiger partial charge in [-0.2, -0.15) is 0 Å². The van der Waals surface area contributed by atoms with Crippen molar-refractivity contribution in [1.82, 2.24) is 4.40 Å². The van der Waals surface area contributed by atoms with Gasteiger partial charge in [0.15, 0.2) is 5.78 Å². The van der Waals surface area contributed by atoms with Crippen LogP contribution in [0.5, 0.6) is 11.5 Å². The number of methoxy groups -OCH3 is 2. The van der Waals surface area contributed by atoms with Crippen LogP contribution in [0.15, 0.2) is 89.4 Å². The number of rotatable bonds is 8. The third-order valence-corrected chi connectivity index (χ3v) is 7.22. The van der Waals surface area contributed by atoms with Crippen LogP contribution >= 0.6 is 15.9 Å². The van der Waals surface area contributed by atoms with Crippen molar-refractivity contribution in [3.8, 4) is 11.5 Å². The van der Waals surface area contributed by atoms with Crippen molar-refractivity contribution in [1.29, 1.82) is 0 Å². The van der Waals surface area contributed by atoms with Gasteiger partial charge < -0.3 is 18.8 Å². The van der Waals surface area contributed by atoms with Gasteiger partial charge in [0, 0.05) is 52.4 Å². The van der Waals surface area contributed by atoms with Crippen LogP contribution in [0.3, 0.4) is 0 Å². The largest absolute Gasteiger partial charge is 0.497 e. The summed E-state index contributed by atoms with van der Waals surface area (Å²) in [5.41, 5.74) is 4.61. The number of carbonyl (C=O) groups is 2. The number of hydrogen-bond donors (Lipinski definition) is 0. The van der Waals surface area contributed by atoms with Gasteiger partial charge in [-0.05, 0) is 78.9 Å². The molecule has 0 aliphatic heterocycles. The van der Waals surface area contributed by atoms with Crippen LogP contribution in [0.4, 0.5) is 5.69 Å². The van der Waals surface area contributed by atoms with Crippen LogP contribution < -0.4 is 14.4 Å². The highest BCUT2D eigenvalue weighted by molar-refractivity contribution is 9.10. The van der Waals surface area contributed by atoms with E-state index in [1.165, 1.54) is 6.08 Å². The minimum atomic E-state index is -0.214. The lowest BCUT2D eigenvalue weighted by molar-refractivity contribution is 0.103. The van der Waals surface area contributed by atoms with Crippen molar-refractivity contribution in [3.63, 3.8) is 0 Å². The molecule has 0 unspecified atom stereocenters. The van der Waals surface area contributed by atoms with Crippen LogP contribution in [0, 0.1) is 0 Å². The first-order valence-electron chi connectivity index (χ1n) is 12.3. The smallest absolute Gasteiger partial charge is 0.209 e. The topological polar surface area (TPSA) is 60.2 Å². The van der Waals surface area contributed by atoms with E-state index >= 15 is 0 Å². The van der Waals surface area contributed by atoms with E-state index in [4.69, 9.17) is 9.47 Å². The van der Waals surface area contributed by atoms with Crippen molar-refractivity contribution in [2.75, 3.05) is 33.2 Å². The third kappa shape index (κ3) is 5.05. The van der Waals surface area contributed by atoms with Crippen LogP contribution in [0.2, 0.25) is 0 Å². The average molecular weight is 583 g/mol. The Morgan fingerprint density at radius 1 is 0.846 bits per heavy atom. The number of allylic oxidation sites excluding steroid dienone is 1. The number of carbonyl (C=O) groups excluding carboxylic acids is 2. The van der Waals surface area contributed by atoms with Crippen LogP contribution in [0.25, 0.3) is 22.5 Å².